The van der Waals surface area contributed by atoms with Gasteiger partial charge in [-0.15, -0.1) is 0 Å². The van der Waals surface area contributed by atoms with Gasteiger partial charge in [0, 0.05) is 0 Å². The number of allylic oxidation sites excluding steroid dienone is 12. The minimum Gasteiger partial charge on any atom is -0.262 e. The summed E-state index contributed by atoms with van der Waals surface area (Å²) in [6, 6.07) is 0. The van der Waals surface area contributed by atoms with Crippen molar-refractivity contribution in [1.82, 2.24) is 0 Å². The van der Waals surface area contributed by atoms with Crippen molar-refractivity contribution in [2.45, 2.75) is 139 Å². The highest BCUT2D eigenvalue weighted by molar-refractivity contribution is 7.86. The van der Waals surface area contributed by atoms with Crippen molar-refractivity contribution in [2.75, 3.05) is 6.26 Å². The van der Waals surface area contributed by atoms with Gasteiger partial charge in [-0.05, 0) is 133 Å². The van der Waals surface area contributed by atoms with Crippen LogP contribution in [0.25, 0.3) is 0 Å². The van der Waals surface area contributed by atoms with Crippen molar-refractivity contribution in [3.05, 3.63) is 81.5 Å². The van der Waals surface area contributed by atoms with Gasteiger partial charge in [-0.1, -0.05) is 81.5 Å². The van der Waals surface area contributed by atoms with Gasteiger partial charge in [0.25, 0.3) is 10.1 Å². The molecule has 40 heavy (non-hydrogen) atoms. The van der Waals surface area contributed by atoms with Gasteiger partial charge in [-0.3, -0.25) is 4.18 Å². The van der Waals surface area contributed by atoms with Gasteiger partial charge in [-0.2, -0.15) is 8.42 Å². The third kappa shape index (κ3) is 25.1. The van der Waals surface area contributed by atoms with E-state index in [0.717, 1.165) is 76.0 Å². The quantitative estimate of drug-likeness (QED) is 0.108. The number of hydrogen-bond acceptors (Lipinski definition) is 3. The van der Waals surface area contributed by atoms with E-state index in [2.05, 4.69) is 98.8 Å². The lowest BCUT2D eigenvalue weighted by molar-refractivity contribution is 0.260. The Bertz CT molecular complexity index is 1050. The Morgan fingerprint density at radius 1 is 0.525 bits per heavy atom. The van der Waals surface area contributed by atoms with Crippen LogP contribution in [0.2, 0.25) is 0 Å². The molecular weight excluding hydrogens is 512 g/mol. The van der Waals surface area contributed by atoms with Crippen LogP contribution in [-0.2, 0) is 14.3 Å². The molecule has 228 valence electrons. The predicted molar refractivity (Wildman–Crippen MR) is 178 cm³/mol. The molecule has 4 heteroatoms. The van der Waals surface area contributed by atoms with Gasteiger partial charge in [0.15, 0.2) is 0 Å². The maximum absolute atomic E-state index is 11.9. The van der Waals surface area contributed by atoms with E-state index in [-0.39, 0.29) is 0 Å². The Morgan fingerprint density at radius 2 is 0.850 bits per heavy atom. The van der Waals surface area contributed by atoms with Crippen LogP contribution in [0.4, 0.5) is 0 Å². The Hall–Kier alpha value is -1.91. The molecule has 0 heterocycles. The van der Waals surface area contributed by atoms with Gasteiger partial charge < -0.3 is 0 Å². The fraction of sp³-hybridized carbons (Fsp3) is 0.611. The van der Waals surface area contributed by atoms with Crippen LogP contribution < -0.4 is 0 Å². The van der Waals surface area contributed by atoms with Crippen LogP contribution in [0.1, 0.15) is 133 Å². The van der Waals surface area contributed by atoms with E-state index in [0.29, 0.717) is 6.42 Å². The lowest BCUT2D eigenvalue weighted by atomic mass is 10.0. The topological polar surface area (TPSA) is 43.4 Å². The molecule has 1 unspecified atom stereocenters. The standard InChI is InChI=1S/C36H60O3S/c1-29(2)16-11-18-31(5)20-13-21-33(7)23-15-25-35(9)28-36(39-40(10,37)38)27-26-34(8)24-14-22-32(6)19-12-17-30(3)4/h16-17,20,22-23,26,28,36H,11-15,18-19,21,24-25,27H2,1-10H3/b31-20+,32-22?,33-23+,34-26?,35-28+. The summed E-state index contributed by atoms with van der Waals surface area (Å²) in [4.78, 5) is 0. The molecular formula is C36H60O3S. The third-order valence-electron chi connectivity index (χ3n) is 6.74. The molecule has 0 saturated carbocycles. The first-order valence-corrected chi connectivity index (χ1v) is 16.9. The summed E-state index contributed by atoms with van der Waals surface area (Å²) in [6.07, 6.45) is 27.4. The first kappa shape index (κ1) is 38.1. The molecule has 3 nitrogen and oxygen atoms in total. The van der Waals surface area contributed by atoms with Gasteiger partial charge in [-0.25, -0.2) is 0 Å². The van der Waals surface area contributed by atoms with Crippen molar-refractivity contribution in [3.63, 3.8) is 0 Å². The fourth-order valence-electron chi connectivity index (χ4n) is 4.30. The second kappa shape index (κ2) is 21.8. The highest BCUT2D eigenvalue weighted by Crippen LogP contribution is 2.18. The lowest BCUT2D eigenvalue weighted by Gasteiger charge is -2.13. The van der Waals surface area contributed by atoms with Gasteiger partial charge in [0.1, 0.15) is 0 Å². The van der Waals surface area contributed by atoms with E-state index in [1.807, 2.05) is 6.08 Å². The average molecular weight is 573 g/mol. The monoisotopic (exact) mass is 572 g/mol. The minimum absolute atomic E-state index is 0.462. The minimum atomic E-state index is -3.53. The summed E-state index contributed by atoms with van der Waals surface area (Å²) < 4.78 is 29.2. The largest absolute Gasteiger partial charge is 0.264 e. The van der Waals surface area contributed by atoms with Crippen LogP contribution in [-0.4, -0.2) is 20.8 Å². The Balaban J connectivity index is 4.84. The van der Waals surface area contributed by atoms with Crippen molar-refractivity contribution in [3.8, 4) is 0 Å². The normalized spacial score (nSPS) is 14.8. The Morgan fingerprint density at radius 3 is 1.20 bits per heavy atom. The summed E-state index contributed by atoms with van der Waals surface area (Å²) in [5.41, 5.74) is 9.48. The molecule has 0 aromatic heterocycles. The van der Waals surface area contributed by atoms with Crippen molar-refractivity contribution in [2.24, 2.45) is 0 Å². The molecule has 0 rings (SSSR count). The zero-order chi connectivity index (χ0) is 30.6. The molecule has 0 aromatic carbocycles. The summed E-state index contributed by atoms with van der Waals surface area (Å²) in [7, 11) is -3.53. The van der Waals surface area contributed by atoms with Crippen LogP contribution >= 0.6 is 0 Å². The van der Waals surface area contributed by atoms with E-state index >= 15 is 0 Å². The first-order valence-electron chi connectivity index (χ1n) is 15.1. The maximum atomic E-state index is 11.9. The van der Waals surface area contributed by atoms with Gasteiger partial charge >= 0.3 is 0 Å². The number of hydrogen-bond donors (Lipinski definition) is 0. The molecule has 1 atom stereocenters. The predicted octanol–water partition coefficient (Wildman–Crippen LogP) is 11.3. The SMILES string of the molecule is CC(C)=CCCC(C)=CCCC(C)=CCC(/C=C(\C)CC/C=C(\C)CC/C=C(\C)CCC=C(C)C)OS(C)(=O)=O. The average Bonchev–Trinajstić information content (AvgIpc) is 2.81. The molecule has 0 aliphatic heterocycles. The first-order chi connectivity index (χ1) is 18.7. The molecule has 0 N–H and O–H groups in total. The Labute approximate surface area is 249 Å². The third-order valence-corrected chi connectivity index (χ3v) is 7.34. The van der Waals surface area contributed by atoms with Crippen LogP contribution in [0, 0.1) is 0 Å². The Kier molecular flexibility index (Phi) is 20.7. The van der Waals surface area contributed by atoms with Crippen molar-refractivity contribution < 1.29 is 12.6 Å². The summed E-state index contributed by atoms with van der Waals surface area (Å²) in [5, 5.41) is 0. The van der Waals surface area contributed by atoms with Crippen LogP contribution in [0.3, 0.4) is 0 Å². The molecule has 0 aromatic rings. The molecule has 0 amide bonds. The molecule has 0 spiro atoms. The smallest absolute Gasteiger partial charge is 0.262 e. The number of rotatable bonds is 20. The highest BCUT2D eigenvalue weighted by Gasteiger charge is 2.12. The molecule has 0 bridgehead atoms. The van der Waals surface area contributed by atoms with Crippen LogP contribution in [0.5, 0.6) is 0 Å². The van der Waals surface area contributed by atoms with E-state index < -0.39 is 16.2 Å². The maximum Gasteiger partial charge on any atom is 0.264 e. The fourth-order valence-corrected chi connectivity index (χ4v) is 4.88. The van der Waals surface area contributed by atoms with E-state index in [9.17, 15) is 8.42 Å². The highest BCUT2D eigenvalue weighted by atomic mass is 32.2. The zero-order valence-electron chi connectivity index (χ0n) is 27.5. The van der Waals surface area contributed by atoms with Crippen molar-refractivity contribution in [1.29, 1.82) is 0 Å². The summed E-state index contributed by atoms with van der Waals surface area (Å²) in [6.45, 7) is 19.4. The van der Waals surface area contributed by atoms with E-state index in [1.165, 1.54) is 33.4 Å². The summed E-state index contributed by atoms with van der Waals surface area (Å²) in [5.74, 6) is 0. The molecule has 0 saturated heterocycles. The van der Waals surface area contributed by atoms with Crippen molar-refractivity contribution >= 4 is 10.1 Å². The van der Waals surface area contributed by atoms with E-state index in [1.54, 1.807) is 0 Å². The van der Waals surface area contributed by atoms with Crippen LogP contribution in [0.15, 0.2) is 81.5 Å². The molecule has 0 aliphatic carbocycles. The van der Waals surface area contributed by atoms with Gasteiger partial charge in [0.2, 0.25) is 0 Å². The summed E-state index contributed by atoms with van der Waals surface area (Å²) >= 11 is 0. The van der Waals surface area contributed by atoms with Gasteiger partial charge in [0.05, 0.1) is 12.4 Å². The molecule has 0 aliphatic rings. The zero-order valence-corrected chi connectivity index (χ0v) is 28.3. The second-order valence-corrected chi connectivity index (χ2v) is 13.6. The second-order valence-electron chi connectivity index (χ2n) is 12.0. The molecule has 0 radical (unpaired) electrons. The van der Waals surface area contributed by atoms with E-state index in [4.69, 9.17) is 4.18 Å². The molecule has 0 fully saturated rings. The lowest BCUT2D eigenvalue weighted by Crippen LogP contribution is -2.15.